The molecular formula is C10H10FNO3. The summed E-state index contributed by atoms with van der Waals surface area (Å²) >= 11 is 0. The highest BCUT2D eigenvalue weighted by Gasteiger charge is 2.24. The van der Waals surface area contributed by atoms with E-state index in [0.29, 0.717) is 6.42 Å². The molecule has 1 aliphatic heterocycles. The Morgan fingerprint density at radius 2 is 2.40 bits per heavy atom. The van der Waals surface area contributed by atoms with Crippen LogP contribution < -0.4 is 5.32 Å². The zero-order chi connectivity index (χ0) is 10.8. The Labute approximate surface area is 86.0 Å². The minimum atomic E-state index is -0.749. The van der Waals surface area contributed by atoms with Crippen LogP contribution in [0.3, 0.4) is 0 Å². The molecule has 1 atom stereocenters. The van der Waals surface area contributed by atoms with E-state index in [-0.39, 0.29) is 5.82 Å². The number of fused-ring (bicyclic) bond motifs is 1. The maximum absolute atomic E-state index is 12.9. The lowest BCUT2D eigenvalue weighted by Crippen LogP contribution is -2.23. The molecule has 0 saturated heterocycles. The molecule has 2 rings (SSSR count). The average Bonchev–Trinajstić information content (AvgIpc) is 2.59. The summed E-state index contributed by atoms with van der Waals surface area (Å²) in [5.74, 6) is -0.297. The van der Waals surface area contributed by atoms with E-state index < -0.39 is 12.4 Å². The minimum absolute atomic E-state index is 0.297. The lowest BCUT2D eigenvalue weighted by molar-refractivity contribution is 0.0488. The summed E-state index contributed by atoms with van der Waals surface area (Å²) in [6.07, 6.45) is -0.780. The molecule has 0 radical (unpaired) electrons. The van der Waals surface area contributed by atoms with Gasteiger partial charge in [-0.1, -0.05) is 0 Å². The number of carbonyl (C=O) groups is 1. The standard InChI is InChI=1S/C10H10FNO3/c1-14-10(13)15-9-5-6-4-7(11)2-3-8(6)12-9/h2-4,9,12H,5H2,1H3. The highest BCUT2D eigenvalue weighted by molar-refractivity contribution is 5.62. The smallest absolute Gasteiger partial charge is 0.438 e. The summed E-state index contributed by atoms with van der Waals surface area (Å²) in [5.41, 5.74) is 1.58. The highest BCUT2D eigenvalue weighted by atomic mass is 19.1. The van der Waals surface area contributed by atoms with Gasteiger partial charge in [-0.25, -0.2) is 9.18 Å². The second-order valence-corrected chi connectivity index (χ2v) is 3.21. The van der Waals surface area contributed by atoms with Crippen LogP contribution in [0.4, 0.5) is 14.9 Å². The van der Waals surface area contributed by atoms with Crippen LogP contribution in [0.5, 0.6) is 0 Å². The van der Waals surface area contributed by atoms with E-state index in [1.165, 1.54) is 19.2 Å². The summed E-state index contributed by atoms with van der Waals surface area (Å²) in [5, 5.41) is 2.94. The van der Waals surface area contributed by atoms with Gasteiger partial charge in [-0.05, 0) is 23.8 Å². The normalized spacial score (nSPS) is 17.9. The molecule has 1 heterocycles. The fourth-order valence-electron chi connectivity index (χ4n) is 1.53. The SMILES string of the molecule is COC(=O)OC1Cc2cc(F)ccc2N1. The van der Waals surface area contributed by atoms with E-state index in [1.807, 2.05) is 0 Å². The predicted octanol–water partition coefficient (Wildman–Crippen LogP) is 1.90. The van der Waals surface area contributed by atoms with Gasteiger partial charge < -0.3 is 14.8 Å². The third-order valence-electron chi connectivity index (χ3n) is 2.19. The topological polar surface area (TPSA) is 47.6 Å². The zero-order valence-electron chi connectivity index (χ0n) is 8.12. The van der Waals surface area contributed by atoms with Crippen LogP contribution in [0.2, 0.25) is 0 Å². The van der Waals surface area contributed by atoms with E-state index in [1.54, 1.807) is 6.07 Å². The Morgan fingerprint density at radius 1 is 1.60 bits per heavy atom. The van der Waals surface area contributed by atoms with Crippen molar-refractivity contribution in [1.82, 2.24) is 0 Å². The predicted molar refractivity (Wildman–Crippen MR) is 51.0 cm³/mol. The van der Waals surface area contributed by atoms with Crippen LogP contribution in [0.1, 0.15) is 5.56 Å². The third-order valence-corrected chi connectivity index (χ3v) is 2.19. The van der Waals surface area contributed by atoms with Crippen molar-refractivity contribution in [3.8, 4) is 0 Å². The Hall–Kier alpha value is -1.78. The van der Waals surface area contributed by atoms with Crippen LogP contribution >= 0.6 is 0 Å². The monoisotopic (exact) mass is 211 g/mol. The summed E-state index contributed by atoms with van der Waals surface area (Å²) in [4.78, 5) is 10.8. The fourth-order valence-corrected chi connectivity index (χ4v) is 1.53. The first-order valence-corrected chi connectivity index (χ1v) is 4.48. The fraction of sp³-hybridized carbons (Fsp3) is 0.300. The van der Waals surface area contributed by atoms with Gasteiger partial charge in [0, 0.05) is 12.1 Å². The molecule has 0 spiro atoms. The highest BCUT2D eigenvalue weighted by Crippen LogP contribution is 2.26. The van der Waals surface area contributed by atoms with Gasteiger partial charge in [0.25, 0.3) is 0 Å². The Kier molecular flexibility index (Phi) is 2.45. The van der Waals surface area contributed by atoms with Crippen LogP contribution in [0, 0.1) is 5.82 Å². The molecule has 1 N–H and O–H groups in total. The summed E-state index contributed by atoms with van der Waals surface area (Å²) in [6, 6.07) is 4.39. The van der Waals surface area contributed by atoms with Gasteiger partial charge in [-0.3, -0.25) is 0 Å². The van der Waals surface area contributed by atoms with Crippen LogP contribution in [-0.2, 0) is 15.9 Å². The molecule has 0 amide bonds. The molecule has 0 saturated carbocycles. The minimum Gasteiger partial charge on any atom is -0.438 e. The first-order valence-electron chi connectivity index (χ1n) is 4.48. The van der Waals surface area contributed by atoms with E-state index >= 15 is 0 Å². The van der Waals surface area contributed by atoms with Gasteiger partial charge in [-0.2, -0.15) is 0 Å². The van der Waals surface area contributed by atoms with E-state index in [0.717, 1.165) is 11.3 Å². The second kappa shape index (κ2) is 3.76. The Bertz CT molecular complexity index is 394. The molecule has 4 nitrogen and oxygen atoms in total. The molecule has 1 unspecified atom stereocenters. The molecule has 0 aromatic heterocycles. The largest absolute Gasteiger partial charge is 0.509 e. The van der Waals surface area contributed by atoms with Crippen molar-refractivity contribution in [2.75, 3.05) is 12.4 Å². The lowest BCUT2D eigenvalue weighted by Gasteiger charge is -2.10. The zero-order valence-corrected chi connectivity index (χ0v) is 8.12. The van der Waals surface area contributed by atoms with E-state index in [4.69, 9.17) is 4.74 Å². The summed E-state index contributed by atoms with van der Waals surface area (Å²) in [7, 11) is 1.24. The molecule has 1 aliphatic rings. The number of nitrogens with one attached hydrogen (secondary N) is 1. The Morgan fingerprint density at radius 3 is 3.13 bits per heavy atom. The van der Waals surface area contributed by atoms with Crippen molar-refractivity contribution >= 4 is 11.8 Å². The van der Waals surface area contributed by atoms with Crippen molar-refractivity contribution in [2.24, 2.45) is 0 Å². The number of benzene rings is 1. The summed E-state index contributed by atoms with van der Waals surface area (Å²) in [6.45, 7) is 0. The van der Waals surface area contributed by atoms with Crippen LogP contribution in [0.25, 0.3) is 0 Å². The maximum Gasteiger partial charge on any atom is 0.509 e. The van der Waals surface area contributed by atoms with Gasteiger partial charge >= 0.3 is 6.16 Å². The molecule has 0 aliphatic carbocycles. The molecule has 0 bridgehead atoms. The number of halogens is 1. The first-order chi connectivity index (χ1) is 7.19. The second-order valence-electron chi connectivity index (χ2n) is 3.21. The number of hydrogen-bond donors (Lipinski definition) is 1. The van der Waals surface area contributed by atoms with Crippen molar-refractivity contribution in [3.05, 3.63) is 29.6 Å². The van der Waals surface area contributed by atoms with Crippen molar-refractivity contribution in [2.45, 2.75) is 12.6 Å². The number of rotatable bonds is 1. The van der Waals surface area contributed by atoms with E-state index in [2.05, 4.69) is 10.1 Å². The molecule has 5 heteroatoms. The lowest BCUT2D eigenvalue weighted by atomic mass is 10.1. The Balaban J connectivity index is 2.06. The summed E-state index contributed by atoms with van der Waals surface area (Å²) < 4.78 is 22.1. The van der Waals surface area contributed by atoms with Gasteiger partial charge in [-0.15, -0.1) is 0 Å². The van der Waals surface area contributed by atoms with Gasteiger partial charge in [0.15, 0.2) is 6.23 Å². The quantitative estimate of drug-likeness (QED) is 0.721. The molecular weight excluding hydrogens is 201 g/mol. The van der Waals surface area contributed by atoms with Gasteiger partial charge in [0.05, 0.1) is 7.11 Å². The third kappa shape index (κ3) is 2.01. The van der Waals surface area contributed by atoms with Gasteiger partial charge in [0.2, 0.25) is 0 Å². The molecule has 1 aromatic carbocycles. The number of ether oxygens (including phenoxy) is 2. The number of carbonyl (C=O) groups excluding carboxylic acids is 1. The molecule has 0 fully saturated rings. The van der Waals surface area contributed by atoms with Gasteiger partial charge in [0.1, 0.15) is 5.82 Å². The van der Waals surface area contributed by atoms with E-state index in [9.17, 15) is 9.18 Å². The van der Waals surface area contributed by atoms with Crippen molar-refractivity contribution in [3.63, 3.8) is 0 Å². The maximum atomic E-state index is 12.9. The van der Waals surface area contributed by atoms with Crippen molar-refractivity contribution < 1.29 is 18.7 Å². The van der Waals surface area contributed by atoms with Crippen LogP contribution in [-0.4, -0.2) is 19.5 Å². The molecule has 1 aromatic rings. The average molecular weight is 211 g/mol. The number of hydrogen-bond acceptors (Lipinski definition) is 4. The number of methoxy groups -OCH3 is 1. The van der Waals surface area contributed by atoms with Crippen molar-refractivity contribution in [1.29, 1.82) is 0 Å². The first kappa shape index (κ1) is 9.76. The molecule has 80 valence electrons. The number of anilines is 1. The molecule has 15 heavy (non-hydrogen) atoms. The van der Waals surface area contributed by atoms with Crippen LogP contribution in [0.15, 0.2) is 18.2 Å².